The number of carboxylic acid groups (broad SMARTS) is 1. The van der Waals surface area contributed by atoms with Crippen molar-refractivity contribution in [2.24, 2.45) is 0 Å². The van der Waals surface area contributed by atoms with E-state index in [0.29, 0.717) is 0 Å². The van der Waals surface area contributed by atoms with E-state index >= 15 is 0 Å². The highest BCUT2D eigenvalue weighted by Gasteiger charge is 2.14. The van der Waals surface area contributed by atoms with Gasteiger partial charge in [0.1, 0.15) is 11.8 Å². The summed E-state index contributed by atoms with van der Waals surface area (Å²) in [6.07, 6.45) is 0. The maximum absolute atomic E-state index is 10.7. The Hall–Kier alpha value is -1.55. The van der Waals surface area contributed by atoms with E-state index in [-0.39, 0.29) is 6.04 Å². The highest BCUT2D eigenvalue weighted by atomic mass is 16.5. The molecule has 4 nitrogen and oxygen atoms in total. The van der Waals surface area contributed by atoms with E-state index in [2.05, 4.69) is 5.32 Å². The number of hydrogen-bond donors (Lipinski definition) is 2. The van der Waals surface area contributed by atoms with Crippen molar-refractivity contribution in [1.82, 2.24) is 5.32 Å². The van der Waals surface area contributed by atoms with Gasteiger partial charge in [0, 0.05) is 6.04 Å². The number of ether oxygens (including phenoxy) is 1. The second kappa shape index (κ2) is 5.51. The Bertz CT molecular complexity index is 365. The number of methoxy groups -OCH3 is 1. The summed E-state index contributed by atoms with van der Waals surface area (Å²) in [6, 6.07) is 6.98. The maximum Gasteiger partial charge on any atom is 0.320 e. The number of carboxylic acids is 1. The lowest BCUT2D eigenvalue weighted by molar-refractivity contribution is -0.139. The van der Waals surface area contributed by atoms with Crippen molar-refractivity contribution in [1.29, 1.82) is 0 Å². The van der Waals surface area contributed by atoms with Gasteiger partial charge < -0.3 is 9.84 Å². The third-order valence-electron chi connectivity index (χ3n) is 2.46. The smallest absolute Gasteiger partial charge is 0.320 e. The van der Waals surface area contributed by atoms with E-state index in [4.69, 9.17) is 9.84 Å². The quantitative estimate of drug-likeness (QED) is 0.799. The predicted octanol–water partition coefficient (Wildman–Crippen LogP) is 1.82. The third kappa shape index (κ3) is 3.24. The molecule has 2 atom stereocenters. The van der Waals surface area contributed by atoms with Gasteiger partial charge >= 0.3 is 5.97 Å². The molecule has 0 fully saturated rings. The predicted molar refractivity (Wildman–Crippen MR) is 61.6 cm³/mol. The molecular formula is C12H17NO3. The molecular weight excluding hydrogens is 206 g/mol. The van der Waals surface area contributed by atoms with E-state index in [1.165, 1.54) is 0 Å². The lowest BCUT2D eigenvalue weighted by atomic mass is 10.1. The molecule has 0 bridgehead atoms. The van der Waals surface area contributed by atoms with Crippen molar-refractivity contribution in [2.45, 2.75) is 25.9 Å². The Morgan fingerprint density at radius 1 is 1.44 bits per heavy atom. The molecule has 0 aliphatic rings. The van der Waals surface area contributed by atoms with Crippen LogP contribution in [0.25, 0.3) is 0 Å². The number of aliphatic carboxylic acids is 1. The second-order valence-corrected chi connectivity index (χ2v) is 3.72. The van der Waals surface area contributed by atoms with Gasteiger partial charge in [-0.05, 0) is 31.5 Å². The lowest BCUT2D eigenvalue weighted by Crippen LogP contribution is -2.35. The monoisotopic (exact) mass is 223 g/mol. The molecule has 0 amide bonds. The molecule has 16 heavy (non-hydrogen) atoms. The van der Waals surface area contributed by atoms with Gasteiger partial charge in [-0.25, -0.2) is 0 Å². The van der Waals surface area contributed by atoms with Crippen LogP contribution in [-0.4, -0.2) is 24.2 Å². The first-order valence-electron chi connectivity index (χ1n) is 5.17. The largest absolute Gasteiger partial charge is 0.497 e. The third-order valence-corrected chi connectivity index (χ3v) is 2.46. The topological polar surface area (TPSA) is 58.6 Å². The number of rotatable bonds is 5. The van der Waals surface area contributed by atoms with Crippen LogP contribution in [0.15, 0.2) is 24.3 Å². The lowest BCUT2D eigenvalue weighted by Gasteiger charge is -2.17. The van der Waals surface area contributed by atoms with Crippen LogP contribution in [0, 0.1) is 0 Å². The molecule has 1 rings (SSSR count). The highest BCUT2D eigenvalue weighted by Crippen LogP contribution is 2.18. The second-order valence-electron chi connectivity index (χ2n) is 3.72. The first kappa shape index (κ1) is 12.5. The molecule has 0 spiro atoms. The Balaban J connectivity index is 2.72. The SMILES string of the molecule is COc1cccc([C@@H](C)N[C@H](C)C(=O)O)c1. The molecule has 2 N–H and O–H groups in total. The molecule has 0 heterocycles. The zero-order valence-corrected chi connectivity index (χ0v) is 9.73. The van der Waals surface area contributed by atoms with Crippen molar-refractivity contribution in [3.63, 3.8) is 0 Å². The molecule has 88 valence electrons. The summed E-state index contributed by atoms with van der Waals surface area (Å²) in [6.45, 7) is 3.55. The minimum absolute atomic E-state index is 0.0267. The minimum Gasteiger partial charge on any atom is -0.497 e. The van der Waals surface area contributed by atoms with Crippen LogP contribution in [0.5, 0.6) is 5.75 Å². The summed E-state index contributed by atoms with van der Waals surface area (Å²) in [7, 11) is 1.61. The number of hydrogen-bond acceptors (Lipinski definition) is 3. The van der Waals surface area contributed by atoms with Gasteiger partial charge in [0.2, 0.25) is 0 Å². The molecule has 0 saturated heterocycles. The van der Waals surface area contributed by atoms with E-state index in [1.807, 2.05) is 31.2 Å². The van der Waals surface area contributed by atoms with Crippen LogP contribution in [-0.2, 0) is 4.79 Å². The van der Waals surface area contributed by atoms with Crippen molar-refractivity contribution in [3.8, 4) is 5.75 Å². The normalized spacial score (nSPS) is 14.2. The Kier molecular flexibility index (Phi) is 4.31. The molecule has 0 unspecified atom stereocenters. The molecule has 0 aliphatic heterocycles. The summed E-state index contributed by atoms with van der Waals surface area (Å²) >= 11 is 0. The molecule has 0 saturated carbocycles. The van der Waals surface area contributed by atoms with Crippen molar-refractivity contribution < 1.29 is 14.6 Å². The molecule has 0 aromatic heterocycles. The fraction of sp³-hybridized carbons (Fsp3) is 0.417. The molecule has 1 aromatic rings. The molecule has 0 aliphatic carbocycles. The summed E-state index contributed by atoms with van der Waals surface area (Å²) < 4.78 is 5.11. The molecule has 1 aromatic carbocycles. The first-order chi connectivity index (χ1) is 7.54. The molecule has 0 radical (unpaired) electrons. The zero-order valence-electron chi connectivity index (χ0n) is 9.73. The van der Waals surface area contributed by atoms with Gasteiger partial charge in [-0.15, -0.1) is 0 Å². The Morgan fingerprint density at radius 3 is 2.69 bits per heavy atom. The van der Waals surface area contributed by atoms with Crippen molar-refractivity contribution in [3.05, 3.63) is 29.8 Å². The molecule has 4 heteroatoms. The summed E-state index contributed by atoms with van der Waals surface area (Å²) in [5, 5.41) is 11.8. The van der Waals surface area contributed by atoms with Crippen LogP contribution >= 0.6 is 0 Å². The standard InChI is InChI=1S/C12H17NO3/c1-8(13-9(2)12(14)15)10-5-4-6-11(7-10)16-3/h4-9,13H,1-3H3,(H,14,15)/t8-,9-/m1/s1. The van der Waals surface area contributed by atoms with Crippen LogP contribution in [0.4, 0.5) is 0 Å². The van der Waals surface area contributed by atoms with Gasteiger partial charge in [0.25, 0.3) is 0 Å². The van der Waals surface area contributed by atoms with Gasteiger partial charge in [0.15, 0.2) is 0 Å². The van der Waals surface area contributed by atoms with Gasteiger partial charge in [-0.3, -0.25) is 10.1 Å². The summed E-state index contributed by atoms with van der Waals surface area (Å²) in [5.41, 5.74) is 1.01. The van der Waals surface area contributed by atoms with E-state index in [9.17, 15) is 4.79 Å². The van der Waals surface area contributed by atoms with E-state index in [0.717, 1.165) is 11.3 Å². The van der Waals surface area contributed by atoms with Crippen LogP contribution in [0.2, 0.25) is 0 Å². The van der Waals surface area contributed by atoms with E-state index in [1.54, 1.807) is 14.0 Å². The van der Waals surface area contributed by atoms with Crippen molar-refractivity contribution >= 4 is 5.97 Å². The fourth-order valence-corrected chi connectivity index (χ4v) is 1.45. The van der Waals surface area contributed by atoms with Crippen LogP contribution in [0.3, 0.4) is 0 Å². The van der Waals surface area contributed by atoms with Crippen LogP contribution < -0.4 is 10.1 Å². The average Bonchev–Trinajstić information content (AvgIpc) is 2.28. The van der Waals surface area contributed by atoms with Gasteiger partial charge in [-0.1, -0.05) is 12.1 Å². The summed E-state index contributed by atoms with van der Waals surface area (Å²) in [5.74, 6) is -0.0797. The van der Waals surface area contributed by atoms with Crippen LogP contribution in [0.1, 0.15) is 25.5 Å². The average molecular weight is 223 g/mol. The Morgan fingerprint density at radius 2 is 2.12 bits per heavy atom. The van der Waals surface area contributed by atoms with Gasteiger partial charge in [-0.2, -0.15) is 0 Å². The number of nitrogens with one attached hydrogen (secondary N) is 1. The maximum atomic E-state index is 10.7. The minimum atomic E-state index is -0.852. The van der Waals surface area contributed by atoms with Gasteiger partial charge in [0.05, 0.1) is 7.11 Å². The first-order valence-corrected chi connectivity index (χ1v) is 5.17. The highest BCUT2D eigenvalue weighted by molar-refractivity contribution is 5.72. The summed E-state index contributed by atoms with van der Waals surface area (Å²) in [4.78, 5) is 10.7. The Labute approximate surface area is 95.2 Å². The fourth-order valence-electron chi connectivity index (χ4n) is 1.45. The van der Waals surface area contributed by atoms with Crippen molar-refractivity contribution in [2.75, 3.05) is 7.11 Å². The van der Waals surface area contributed by atoms with E-state index < -0.39 is 12.0 Å². The number of benzene rings is 1. The zero-order chi connectivity index (χ0) is 12.1. The number of carbonyl (C=O) groups is 1.